The van der Waals surface area contributed by atoms with Gasteiger partial charge in [0.05, 0.1) is 6.04 Å². The molecule has 2 N–H and O–H groups in total. The van der Waals surface area contributed by atoms with E-state index in [9.17, 15) is 9.59 Å². The van der Waals surface area contributed by atoms with Crippen molar-refractivity contribution in [1.82, 2.24) is 0 Å². The summed E-state index contributed by atoms with van der Waals surface area (Å²) in [7, 11) is 0. The van der Waals surface area contributed by atoms with Gasteiger partial charge in [-0.25, -0.2) is 4.79 Å². The molecule has 1 aliphatic heterocycles. The average molecular weight is 473 g/mol. The number of ether oxygens (including phenoxy) is 2. The van der Waals surface area contributed by atoms with Gasteiger partial charge in [0, 0.05) is 16.7 Å². The van der Waals surface area contributed by atoms with Gasteiger partial charge in [-0.15, -0.1) is 0 Å². The topological polar surface area (TPSA) is 81.9 Å². The quantitative estimate of drug-likeness (QED) is 0.386. The third-order valence-corrected chi connectivity index (χ3v) is 5.65. The first-order valence-corrected chi connectivity index (χ1v) is 10.6. The molecular weight excluding hydrogens is 448 g/mol. The Morgan fingerprint density at radius 1 is 1.33 bits per heavy atom. The summed E-state index contributed by atoms with van der Waals surface area (Å²) >= 11 is 3.47. The largest absolute Gasteiger partial charge is 0.514 e. The molecule has 7 heteroatoms. The van der Waals surface area contributed by atoms with Crippen molar-refractivity contribution in [2.24, 2.45) is 11.7 Å². The van der Waals surface area contributed by atoms with Crippen LogP contribution in [-0.4, -0.2) is 31.3 Å². The van der Waals surface area contributed by atoms with E-state index in [1.807, 2.05) is 18.2 Å². The lowest BCUT2D eigenvalue weighted by atomic mass is 9.93. The van der Waals surface area contributed by atoms with E-state index >= 15 is 0 Å². The lowest BCUT2D eigenvalue weighted by Gasteiger charge is -2.34. The number of anilines is 1. The van der Waals surface area contributed by atoms with E-state index in [1.54, 1.807) is 23.1 Å². The van der Waals surface area contributed by atoms with E-state index in [1.165, 1.54) is 11.6 Å². The number of hydrogen-bond donors (Lipinski definition) is 1. The van der Waals surface area contributed by atoms with Gasteiger partial charge < -0.3 is 20.1 Å². The Bertz CT molecular complexity index is 947. The second-order valence-corrected chi connectivity index (χ2v) is 8.26. The van der Waals surface area contributed by atoms with Crippen LogP contribution in [0.1, 0.15) is 18.1 Å². The summed E-state index contributed by atoms with van der Waals surface area (Å²) in [4.78, 5) is 26.5. The number of nitrogens with zero attached hydrogens (tertiary/aromatic N) is 1. The minimum absolute atomic E-state index is 0.0767. The maximum absolute atomic E-state index is 13.1. The Hall–Kier alpha value is -2.64. The van der Waals surface area contributed by atoms with E-state index in [0.29, 0.717) is 29.1 Å². The zero-order valence-corrected chi connectivity index (χ0v) is 18.4. The van der Waals surface area contributed by atoms with Gasteiger partial charge in [0.1, 0.15) is 12.4 Å². The predicted octanol–water partition coefficient (Wildman–Crippen LogP) is 4.25. The number of fused-ring (bicyclic) bond motifs is 1. The van der Waals surface area contributed by atoms with Gasteiger partial charge >= 0.3 is 6.16 Å². The van der Waals surface area contributed by atoms with E-state index in [-0.39, 0.29) is 12.5 Å². The number of carbonyl (C=O) groups excluding carboxylic acids is 2. The van der Waals surface area contributed by atoms with Crippen LogP contribution in [0.3, 0.4) is 0 Å². The van der Waals surface area contributed by atoms with E-state index in [0.717, 1.165) is 17.7 Å². The van der Waals surface area contributed by atoms with Crippen molar-refractivity contribution >= 4 is 33.7 Å². The highest BCUT2D eigenvalue weighted by Crippen LogP contribution is 2.30. The summed E-state index contributed by atoms with van der Waals surface area (Å²) in [5.74, 6) is 0.604. The molecule has 6 nitrogen and oxygen atoms in total. The van der Waals surface area contributed by atoms with Crippen molar-refractivity contribution in [2.75, 3.05) is 18.1 Å². The van der Waals surface area contributed by atoms with Crippen molar-refractivity contribution in [2.45, 2.75) is 25.8 Å². The number of hydrogen-bond acceptors (Lipinski definition) is 5. The summed E-state index contributed by atoms with van der Waals surface area (Å²) in [6.45, 7) is 6.34. The summed E-state index contributed by atoms with van der Waals surface area (Å²) < 4.78 is 10.6. The van der Waals surface area contributed by atoms with Crippen LogP contribution in [0.2, 0.25) is 0 Å². The van der Waals surface area contributed by atoms with Gasteiger partial charge in [-0.2, -0.15) is 0 Å². The molecule has 0 aliphatic carbocycles. The van der Waals surface area contributed by atoms with Crippen LogP contribution in [-0.2, 0) is 22.4 Å². The molecule has 0 radical (unpaired) electrons. The van der Waals surface area contributed by atoms with Crippen LogP contribution in [0.5, 0.6) is 5.75 Å². The monoisotopic (exact) mass is 472 g/mol. The summed E-state index contributed by atoms with van der Waals surface area (Å²) in [6, 6.07) is 12.4. The fourth-order valence-electron chi connectivity index (χ4n) is 3.54. The Morgan fingerprint density at radius 3 is 2.83 bits per heavy atom. The van der Waals surface area contributed by atoms with Crippen molar-refractivity contribution in [1.29, 1.82) is 0 Å². The standard InChI is InChI=1S/C23H25BrN2O4/c1-3-10-29-23(28)30-18-9-8-16(19(24)13-18)12-20(25)22(27)26-14-15(2)11-17-6-4-5-7-21(17)26/h3-9,13,15,20H,1,10-12,14,25H2,2H3/t15?,20-/m0/s1. The second-order valence-electron chi connectivity index (χ2n) is 7.40. The van der Waals surface area contributed by atoms with Gasteiger partial charge in [0.2, 0.25) is 5.91 Å². The van der Waals surface area contributed by atoms with E-state index in [4.69, 9.17) is 15.2 Å². The van der Waals surface area contributed by atoms with Crippen molar-refractivity contribution in [3.63, 3.8) is 0 Å². The van der Waals surface area contributed by atoms with Crippen LogP contribution in [0.4, 0.5) is 10.5 Å². The minimum Gasteiger partial charge on any atom is -0.430 e. The molecular formula is C23H25BrN2O4. The average Bonchev–Trinajstić information content (AvgIpc) is 2.72. The van der Waals surface area contributed by atoms with Crippen molar-refractivity contribution < 1.29 is 19.1 Å². The van der Waals surface area contributed by atoms with Crippen molar-refractivity contribution in [3.8, 4) is 5.75 Å². The van der Waals surface area contributed by atoms with Gasteiger partial charge in [-0.1, -0.05) is 59.8 Å². The molecule has 1 amide bonds. The third kappa shape index (κ3) is 5.29. The number of benzene rings is 2. The normalized spacial score (nSPS) is 16.4. The predicted molar refractivity (Wildman–Crippen MR) is 120 cm³/mol. The number of rotatable bonds is 6. The Kier molecular flexibility index (Phi) is 7.29. The molecule has 2 aromatic carbocycles. The summed E-state index contributed by atoms with van der Waals surface area (Å²) in [5.41, 5.74) is 9.26. The zero-order valence-electron chi connectivity index (χ0n) is 16.8. The lowest BCUT2D eigenvalue weighted by Crippen LogP contribution is -2.48. The van der Waals surface area contributed by atoms with Gasteiger partial charge in [0.15, 0.2) is 0 Å². The first-order valence-electron chi connectivity index (χ1n) is 9.77. The van der Waals surface area contributed by atoms with Crippen LogP contribution in [0.25, 0.3) is 0 Å². The smallest absolute Gasteiger partial charge is 0.430 e. The number of para-hydroxylation sites is 1. The molecule has 0 fully saturated rings. The van der Waals surface area contributed by atoms with Gasteiger partial charge in [-0.05, 0) is 48.1 Å². The molecule has 3 rings (SSSR count). The molecule has 0 saturated heterocycles. The summed E-state index contributed by atoms with van der Waals surface area (Å²) in [6.07, 6.45) is 1.96. The summed E-state index contributed by atoms with van der Waals surface area (Å²) in [5, 5.41) is 0. The first kappa shape index (κ1) is 22.1. The Morgan fingerprint density at radius 2 is 2.10 bits per heavy atom. The Labute approximate surface area is 184 Å². The van der Waals surface area contributed by atoms with E-state index in [2.05, 4.69) is 35.5 Å². The number of carbonyl (C=O) groups is 2. The highest BCUT2D eigenvalue weighted by Gasteiger charge is 2.29. The fourth-order valence-corrected chi connectivity index (χ4v) is 4.06. The number of halogens is 1. The molecule has 1 aliphatic rings. The number of nitrogens with two attached hydrogens (primary N) is 1. The minimum atomic E-state index is -0.806. The highest BCUT2D eigenvalue weighted by molar-refractivity contribution is 9.10. The molecule has 0 aromatic heterocycles. The van der Waals surface area contributed by atoms with Gasteiger partial charge in [-0.3, -0.25) is 4.79 Å². The van der Waals surface area contributed by atoms with Crippen LogP contribution < -0.4 is 15.4 Å². The molecule has 0 spiro atoms. The Balaban J connectivity index is 1.68. The molecule has 1 unspecified atom stereocenters. The first-order chi connectivity index (χ1) is 14.4. The molecule has 2 aromatic rings. The molecule has 1 heterocycles. The lowest BCUT2D eigenvalue weighted by molar-refractivity contribution is -0.120. The van der Waals surface area contributed by atoms with Crippen LogP contribution in [0, 0.1) is 5.92 Å². The molecule has 158 valence electrons. The molecule has 30 heavy (non-hydrogen) atoms. The van der Waals surface area contributed by atoms with E-state index < -0.39 is 12.2 Å². The molecule has 0 saturated carbocycles. The van der Waals surface area contributed by atoms with Gasteiger partial charge in [0.25, 0.3) is 0 Å². The third-order valence-electron chi connectivity index (χ3n) is 4.91. The number of amides is 1. The second kappa shape index (κ2) is 9.91. The van der Waals surface area contributed by atoms with Crippen LogP contribution in [0.15, 0.2) is 59.6 Å². The maximum Gasteiger partial charge on any atom is 0.514 e. The maximum atomic E-state index is 13.1. The SMILES string of the molecule is C=CCOC(=O)Oc1ccc(C[C@H](N)C(=O)N2CC(C)Cc3ccccc32)c(Br)c1. The zero-order chi connectivity index (χ0) is 21.7. The van der Waals surface area contributed by atoms with Crippen molar-refractivity contribution in [3.05, 3.63) is 70.7 Å². The fraction of sp³-hybridized carbons (Fsp3) is 0.304. The highest BCUT2D eigenvalue weighted by atomic mass is 79.9. The molecule has 0 bridgehead atoms. The van der Waals surface area contributed by atoms with Crippen LogP contribution >= 0.6 is 15.9 Å². The molecule has 2 atom stereocenters.